The third-order valence-corrected chi connectivity index (χ3v) is 4.98. The van der Waals surface area contributed by atoms with E-state index in [9.17, 15) is 4.79 Å². The van der Waals surface area contributed by atoms with Crippen LogP contribution >= 0.6 is 11.3 Å². The van der Waals surface area contributed by atoms with Crippen LogP contribution in [0.25, 0.3) is 0 Å². The number of nitrogens with two attached hydrogens (primary N) is 1. The van der Waals surface area contributed by atoms with E-state index in [0.717, 1.165) is 36.8 Å². The van der Waals surface area contributed by atoms with Gasteiger partial charge in [-0.2, -0.15) is 0 Å². The Labute approximate surface area is 139 Å². The number of carbonyl (C=O) groups excluding carboxylic acids is 1. The Kier molecular flexibility index (Phi) is 4.76. The van der Waals surface area contributed by atoms with Crippen molar-refractivity contribution in [3.8, 4) is 5.75 Å². The number of thiazole rings is 1. The molecule has 3 rings (SSSR count). The number of primary amides is 1. The Morgan fingerprint density at radius 1 is 1.48 bits per heavy atom. The number of rotatable bonds is 5. The van der Waals surface area contributed by atoms with Crippen LogP contribution < -0.4 is 15.4 Å². The fourth-order valence-corrected chi connectivity index (χ4v) is 3.48. The first-order chi connectivity index (χ1) is 11.1. The van der Waals surface area contributed by atoms with Crippen molar-refractivity contribution in [2.75, 3.05) is 24.6 Å². The molecular weight excluding hydrogens is 312 g/mol. The molecule has 0 saturated carbocycles. The maximum atomic E-state index is 11.1. The summed E-state index contributed by atoms with van der Waals surface area (Å²) in [7, 11) is 0. The molecule has 122 valence electrons. The first-order valence-corrected chi connectivity index (χ1v) is 8.55. The number of amides is 1. The number of carbonyl (C=O) groups is 1. The molecule has 2 aromatic heterocycles. The average molecular weight is 332 g/mol. The molecular formula is C16H20N4O2S. The van der Waals surface area contributed by atoms with Crippen molar-refractivity contribution in [1.82, 2.24) is 9.97 Å². The van der Waals surface area contributed by atoms with Gasteiger partial charge in [-0.15, -0.1) is 11.3 Å². The smallest absolute Gasteiger partial charge is 0.267 e. The van der Waals surface area contributed by atoms with Crippen molar-refractivity contribution in [3.05, 3.63) is 35.1 Å². The lowest BCUT2D eigenvalue weighted by Crippen LogP contribution is -2.35. The molecule has 6 nitrogen and oxygen atoms in total. The summed E-state index contributed by atoms with van der Waals surface area (Å²) in [5.74, 6) is 0.617. The second kappa shape index (κ2) is 6.95. The zero-order valence-electron chi connectivity index (χ0n) is 13.1. The van der Waals surface area contributed by atoms with Gasteiger partial charge in [0.25, 0.3) is 5.91 Å². The largest absolute Gasteiger partial charge is 0.493 e. The molecule has 0 unspecified atom stereocenters. The molecule has 0 radical (unpaired) electrons. The molecule has 0 atom stereocenters. The summed E-state index contributed by atoms with van der Waals surface area (Å²) in [6.45, 7) is 4.68. The van der Waals surface area contributed by atoms with Crippen LogP contribution in [0.2, 0.25) is 0 Å². The third kappa shape index (κ3) is 3.98. The van der Waals surface area contributed by atoms with Crippen LogP contribution in [0.3, 0.4) is 0 Å². The predicted molar refractivity (Wildman–Crippen MR) is 90.0 cm³/mol. The number of anilines is 1. The van der Waals surface area contributed by atoms with E-state index in [1.807, 2.05) is 6.92 Å². The van der Waals surface area contributed by atoms with Crippen LogP contribution in [0, 0.1) is 12.8 Å². The topological polar surface area (TPSA) is 81.3 Å². The molecule has 23 heavy (non-hydrogen) atoms. The van der Waals surface area contributed by atoms with E-state index in [0.29, 0.717) is 18.3 Å². The zero-order chi connectivity index (χ0) is 16.2. The van der Waals surface area contributed by atoms with Crippen molar-refractivity contribution in [2.45, 2.75) is 19.8 Å². The Bertz CT molecular complexity index is 680. The summed E-state index contributed by atoms with van der Waals surface area (Å²) >= 11 is 1.70. The Hall–Kier alpha value is -2.15. The van der Waals surface area contributed by atoms with Crippen LogP contribution in [0.15, 0.2) is 23.7 Å². The summed E-state index contributed by atoms with van der Waals surface area (Å²) in [6, 6.07) is 3.34. The fraction of sp³-hybridized carbons (Fsp3) is 0.438. The molecule has 0 aliphatic carbocycles. The molecule has 2 N–H and O–H groups in total. The van der Waals surface area contributed by atoms with Crippen molar-refractivity contribution < 1.29 is 9.53 Å². The fourth-order valence-electron chi connectivity index (χ4n) is 2.63. The van der Waals surface area contributed by atoms with Gasteiger partial charge in [-0.3, -0.25) is 9.78 Å². The van der Waals surface area contributed by atoms with Gasteiger partial charge < -0.3 is 15.4 Å². The summed E-state index contributed by atoms with van der Waals surface area (Å²) in [6.07, 6.45) is 3.70. The first-order valence-electron chi connectivity index (χ1n) is 7.67. The standard InChI is InChI=1S/C16H20N4O2S/c1-11-10-23-16(19-11)20-6-3-12(4-7-20)9-22-13-2-5-18-14(8-13)15(17)21/h2,5,8,10,12H,3-4,6-7,9H2,1H3,(H2,17,21). The van der Waals surface area contributed by atoms with Crippen LogP contribution in [-0.4, -0.2) is 35.6 Å². The molecule has 1 aliphatic heterocycles. The molecule has 1 aliphatic rings. The Balaban J connectivity index is 1.49. The highest BCUT2D eigenvalue weighted by Gasteiger charge is 2.21. The van der Waals surface area contributed by atoms with E-state index in [1.165, 1.54) is 0 Å². The van der Waals surface area contributed by atoms with E-state index < -0.39 is 5.91 Å². The quantitative estimate of drug-likeness (QED) is 0.908. The molecule has 1 fully saturated rings. The van der Waals surface area contributed by atoms with Crippen LogP contribution in [0.4, 0.5) is 5.13 Å². The van der Waals surface area contributed by atoms with Gasteiger partial charge in [0.2, 0.25) is 0 Å². The van der Waals surface area contributed by atoms with E-state index in [2.05, 4.69) is 20.2 Å². The zero-order valence-corrected chi connectivity index (χ0v) is 13.9. The number of aryl methyl sites for hydroxylation is 1. The minimum absolute atomic E-state index is 0.233. The van der Waals surface area contributed by atoms with Gasteiger partial charge in [0, 0.05) is 30.7 Å². The van der Waals surface area contributed by atoms with Gasteiger partial charge in [-0.05, 0) is 31.7 Å². The number of pyridine rings is 1. The maximum absolute atomic E-state index is 11.1. The lowest BCUT2D eigenvalue weighted by Gasteiger charge is -2.31. The highest BCUT2D eigenvalue weighted by molar-refractivity contribution is 7.13. The van der Waals surface area contributed by atoms with Crippen LogP contribution in [0.5, 0.6) is 5.75 Å². The highest BCUT2D eigenvalue weighted by Crippen LogP contribution is 2.26. The molecule has 3 heterocycles. The van der Waals surface area contributed by atoms with Crippen LogP contribution in [-0.2, 0) is 0 Å². The normalized spacial score (nSPS) is 15.6. The average Bonchev–Trinajstić information content (AvgIpc) is 3.00. The van der Waals surface area contributed by atoms with Gasteiger partial charge in [-0.25, -0.2) is 4.98 Å². The van der Waals surface area contributed by atoms with Crippen molar-refractivity contribution in [3.63, 3.8) is 0 Å². The second-order valence-electron chi connectivity index (χ2n) is 5.75. The Morgan fingerprint density at radius 3 is 2.91 bits per heavy atom. The first kappa shape index (κ1) is 15.7. The number of ether oxygens (including phenoxy) is 1. The van der Waals surface area contributed by atoms with Gasteiger partial charge in [0.1, 0.15) is 11.4 Å². The van der Waals surface area contributed by atoms with Crippen molar-refractivity contribution >= 4 is 22.4 Å². The number of aromatic nitrogens is 2. The minimum atomic E-state index is -0.539. The molecule has 1 amide bonds. The van der Waals surface area contributed by atoms with Gasteiger partial charge in [-0.1, -0.05) is 0 Å². The maximum Gasteiger partial charge on any atom is 0.267 e. The van der Waals surface area contributed by atoms with E-state index in [1.54, 1.807) is 29.7 Å². The monoisotopic (exact) mass is 332 g/mol. The van der Waals surface area contributed by atoms with E-state index >= 15 is 0 Å². The molecule has 2 aromatic rings. The Morgan fingerprint density at radius 2 is 2.26 bits per heavy atom. The molecule has 1 saturated heterocycles. The number of piperidine rings is 1. The SMILES string of the molecule is Cc1csc(N2CCC(COc3ccnc(C(N)=O)c3)CC2)n1. The van der Waals surface area contributed by atoms with Gasteiger partial charge in [0.15, 0.2) is 5.13 Å². The summed E-state index contributed by atoms with van der Waals surface area (Å²) in [5.41, 5.74) is 6.54. The molecule has 7 heteroatoms. The molecule has 0 bridgehead atoms. The minimum Gasteiger partial charge on any atom is -0.493 e. The summed E-state index contributed by atoms with van der Waals surface area (Å²) in [4.78, 5) is 21.9. The summed E-state index contributed by atoms with van der Waals surface area (Å²) < 4.78 is 5.80. The molecule has 0 aromatic carbocycles. The number of nitrogens with zero attached hydrogens (tertiary/aromatic N) is 3. The summed E-state index contributed by atoms with van der Waals surface area (Å²) in [5, 5.41) is 3.20. The number of hydrogen-bond acceptors (Lipinski definition) is 6. The number of hydrogen-bond donors (Lipinski definition) is 1. The van der Waals surface area contributed by atoms with Crippen LogP contribution in [0.1, 0.15) is 29.0 Å². The molecule has 0 spiro atoms. The lowest BCUT2D eigenvalue weighted by molar-refractivity contribution is 0.0995. The van der Waals surface area contributed by atoms with Crippen molar-refractivity contribution in [2.24, 2.45) is 11.7 Å². The third-order valence-electron chi connectivity index (χ3n) is 3.96. The van der Waals surface area contributed by atoms with Gasteiger partial charge in [0.05, 0.1) is 12.3 Å². The highest BCUT2D eigenvalue weighted by atomic mass is 32.1. The second-order valence-corrected chi connectivity index (χ2v) is 6.59. The van der Waals surface area contributed by atoms with E-state index in [-0.39, 0.29) is 5.69 Å². The van der Waals surface area contributed by atoms with E-state index in [4.69, 9.17) is 10.5 Å². The van der Waals surface area contributed by atoms with Crippen molar-refractivity contribution in [1.29, 1.82) is 0 Å². The lowest BCUT2D eigenvalue weighted by atomic mass is 9.98. The van der Waals surface area contributed by atoms with Gasteiger partial charge >= 0.3 is 0 Å². The predicted octanol–water partition coefficient (Wildman–Crippen LogP) is 2.24.